The Morgan fingerprint density at radius 3 is 2.19 bits per heavy atom. The van der Waals surface area contributed by atoms with E-state index in [0.717, 1.165) is 4.90 Å². The third-order valence-corrected chi connectivity index (χ3v) is 6.58. The maximum Gasteiger partial charge on any atom is 0.256 e. The summed E-state index contributed by atoms with van der Waals surface area (Å²) >= 11 is 10.1. The van der Waals surface area contributed by atoms with Crippen LogP contribution in [0.1, 0.15) is 20.7 Å². The number of methoxy groups -OCH3 is 1. The largest absolute Gasteiger partial charge is 0.394 e. The molecule has 2 unspecified atom stereocenters. The van der Waals surface area contributed by atoms with Crippen molar-refractivity contribution in [2.45, 2.75) is 12.2 Å². The van der Waals surface area contributed by atoms with Crippen molar-refractivity contribution in [1.29, 1.82) is 0 Å². The molecule has 180 valence electrons. The fourth-order valence-electron chi connectivity index (χ4n) is 2.48. The lowest BCUT2D eigenvalue weighted by atomic mass is 10.1. The second-order valence-corrected chi connectivity index (χ2v) is 9.15. The number of ether oxygens (including phenoxy) is 1. The Kier molecular flexibility index (Phi) is 12.6. The Balaban J connectivity index is 3.57. The summed E-state index contributed by atoms with van der Waals surface area (Å²) in [4.78, 5) is 39.2. The van der Waals surface area contributed by atoms with Gasteiger partial charge in [0.15, 0.2) is 0 Å². The molecular weight excluding hydrogens is 675 g/mol. The van der Waals surface area contributed by atoms with Gasteiger partial charge in [-0.3, -0.25) is 14.4 Å². The quantitative estimate of drug-likeness (QED) is 0.170. The van der Waals surface area contributed by atoms with Gasteiger partial charge in [-0.15, -0.1) is 0 Å². The minimum absolute atomic E-state index is 0.0964. The maximum atomic E-state index is 13.1. The molecule has 0 saturated heterocycles. The first-order chi connectivity index (χ1) is 15.0. The standard InChI is InChI=1S/C18H24ClI2N3O8/c1-24(4-9(28)6-26)18(31)12-13(19)11(17(30)22-3-8(27)5-25)14(20)16(15(12)21)23-10(29)7-32-2/h8-9,25-28H,3-7H2,1-2H3,(H,22,30)(H,23,29). The zero-order valence-electron chi connectivity index (χ0n) is 17.2. The van der Waals surface area contributed by atoms with Gasteiger partial charge in [-0.05, 0) is 45.2 Å². The number of anilines is 1. The highest BCUT2D eigenvalue weighted by Crippen LogP contribution is 2.38. The van der Waals surface area contributed by atoms with Crippen molar-refractivity contribution < 1.29 is 39.5 Å². The highest BCUT2D eigenvalue weighted by Gasteiger charge is 2.30. The molecule has 0 radical (unpaired) electrons. The number of carbonyl (C=O) groups excluding carboxylic acids is 3. The van der Waals surface area contributed by atoms with E-state index >= 15 is 0 Å². The smallest absolute Gasteiger partial charge is 0.256 e. The van der Waals surface area contributed by atoms with Crippen LogP contribution in [0.4, 0.5) is 5.69 Å². The molecule has 1 aromatic rings. The fourth-order valence-corrected chi connectivity index (χ4v) is 5.49. The number of carbonyl (C=O) groups is 3. The fraction of sp³-hybridized carbons (Fsp3) is 0.500. The number of aliphatic hydroxyl groups excluding tert-OH is 4. The van der Waals surface area contributed by atoms with Gasteiger partial charge in [0, 0.05) is 27.2 Å². The van der Waals surface area contributed by atoms with Crippen molar-refractivity contribution in [2.75, 3.05) is 52.4 Å². The molecule has 1 rings (SSSR count). The van der Waals surface area contributed by atoms with Gasteiger partial charge >= 0.3 is 0 Å². The van der Waals surface area contributed by atoms with E-state index in [0.29, 0.717) is 0 Å². The van der Waals surface area contributed by atoms with Crippen LogP contribution in [0.25, 0.3) is 0 Å². The topological polar surface area (TPSA) is 169 Å². The molecule has 0 bridgehead atoms. The molecule has 0 saturated carbocycles. The molecular formula is C18H24ClI2N3O8. The van der Waals surface area contributed by atoms with Gasteiger partial charge in [-0.25, -0.2) is 0 Å². The lowest BCUT2D eigenvalue weighted by Gasteiger charge is -2.24. The Morgan fingerprint density at radius 2 is 1.66 bits per heavy atom. The molecule has 32 heavy (non-hydrogen) atoms. The molecule has 6 N–H and O–H groups in total. The van der Waals surface area contributed by atoms with Crippen LogP contribution >= 0.6 is 56.8 Å². The van der Waals surface area contributed by atoms with E-state index in [1.54, 1.807) is 22.6 Å². The number of likely N-dealkylation sites (N-methyl/N-ethyl adjacent to an activating group) is 1. The first-order valence-corrected chi connectivity index (χ1v) is 11.6. The Bertz CT molecular complexity index is 858. The predicted octanol–water partition coefficient (Wildman–Crippen LogP) is -0.358. The SMILES string of the molecule is COCC(=O)Nc1c(I)c(C(=O)NCC(O)CO)c(Cl)c(C(=O)N(C)CC(O)CO)c1I. The predicted molar refractivity (Wildman–Crippen MR) is 133 cm³/mol. The Labute approximate surface area is 216 Å². The highest BCUT2D eigenvalue weighted by atomic mass is 127. The molecule has 3 amide bonds. The van der Waals surface area contributed by atoms with Crippen molar-refractivity contribution in [1.82, 2.24) is 10.2 Å². The van der Waals surface area contributed by atoms with Crippen molar-refractivity contribution in [3.63, 3.8) is 0 Å². The van der Waals surface area contributed by atoms with E-state index in [-0.39, 0.29) is 48.7 Å². The molecule has 14 heteroatoms. The summed E-state index contributed by atoms with van der Waals surface area (Å²) in [5.41, 5.74) is -0.0594. The van der Waals surface area contributed by atoms with Gasteiger partial charge in [-0.1, -0.05) is 11.6 Å². The number of hydrogen-bond donors (Lipinski definition) is 6. The minimum Gasteiger partial charge on any atom is -0.394 e. The molecule has 0 heterocycles. The average molecular weight is 700 g/mol. The zero-order valence-corrected chi connectivity index (χ0v) is 22.3. The number of nitrogens with zero attached hydrogens (tertiary/aromatic N) is 1. The monoisotopic (exact) mass is 699 g/mol. The van der Waals surface area contributed by atoms with E-state index in [9.17, 15) is 24.6 Å². The van der Waals surface area contributed by atoms with E-state index in [2.05, 4.69) is 10.6 Å². The van der Waals surface area contributed by atoms with Gasteiger partial charge in [-0.2, -0.15) is 0 Å². The number of halogens is 3. The average Bonchev–Trinajstić information content (AvgIpc) is 2.74. The molecule has 0 aromatic heterocycles. The van der Waals surface area contributed by atoms with Crippen LogP contribution < -0.4 is 10.6 Å². The number of amides is 3. The van der Waals surface area contributed by atoms with Gasteiger partial charge in [0.05, 0.1) is 54.4 Å². The summed E-state index contributed by atoms with van der Waals surface area (Å²) in [6.07, 6.45) is -2.39. The Morgan fingerprint density at radius 1 is 1.09 bits per heavy atom. The third kappa shape index (κ3) is 7.61. The summed E-state index contributed by atoms with van der Waals surface area (Å²) in [7, 11) is 2.71. The van der Waals surface area contributed by atoms with Crippen LogP contribution in [-0.2, 0) is 9.53 Å². The normalized spacial score (nSPS) is 12.8. The maximum absolute atomic E-state index is 13.1. The first kappa shape index (κ1) is 29.2. The van der Waals surface area contributed by atoms with Gasteiger partial charge in [0.1, 0.15) is 6.61 Å². The second-order valence-electron chi connectivity index (χ2n) is 6.62. The minimum atomic E-state index is -1.20. The summed E-state index contributed by atoms with van der Waals surface area (Å²) < 4.78 is 5.30. The van der Waals surface area contributed by atoms with Crippen molar-refractivity contribution >= 4 is 80.2 Å². The lowest BCUT2D eigenvalue weighted by molar-refractivity contribution is -0.119. The molecule has 0 spiro atoms. The highest BCUT2D eigenvalue weighted by molar-refractivity contribution is 14.1. The van der Waals surface area contributed by atoms with E-state index < -0.39 is 43.1 Å². The molecule has 1 aromatic carbocycles. The number of hydrogen-bond acceptors (Lipinski definition) is 8. The molecule has 0 fully saturated rings. The summed E-state index contributed by atoms with van der Waals surface area (Å²) in [5.74, 6) is -1.93. The molecule has 0 aliphatic heterocycles. The molecule has 11 nitrogen and oxygen atoms in total. The van der Waals surface area contributed by atoms with E-state index in [4.69, 9.17) is 26.6 Å². The van der Waals surface area contributed by atoms with Crippen molar-refractivity contribution in [3.05, 3.63) is 23.3 Å². The van der Waals surface area contributed by atoms with Gasteiger partial charge in [0.2, 0.25) is 5.91 Å². The van der Waals surface area contributed by atoms with Crippen LogP contribution in [0.15, 0.2) is 0 Å². The van der Waals surface area contributed by atoms with Crippen LogP contribution in [0.5, 0.6) is 0 Å². The Hall–Kier alpha value is -0.820. The molecule has 2 atom stereocenters. The zero-order chi connectivity index (χ0) is 24.6. The van der Waals surface area contributed by atoms with Crippen LogP contribution in [-0.4, -0.2) is 102 Å². The van der Waals surface area contributed by atoms with Gasteiger partial charge in [0.25, 0.3) is 11.8 Å². The number of nitrogens with one attached hydrogen (secondary N) is 2. The van der Waals surface area contributed by atoms with Crippen LogP contribution in [0, 0.1) is 7.14 Å². The number of aliphatic hydroxyl groups is 4. The first-order valence-electron chi connectivity index (χ1n) is 9.10. The van der Waals surface area contributed by atoms with Gasteiger partial charge < -0.3 is 40.7 Å². The third-order valence-electron chi connectivity index (χ3n) is 4.05. The van der Waals surface area contributed by atoms with E-state index in [1.807, 2.05) is 22.6 Å². The summed E-state index contributed by atoms with van der Waals surface area (Å²) in [5, 5.41) is 42.0. The summed E-state index contributed by atoms with van der Waals surface area (Å²) in [6, 6.07) is 0. The molecule has 0 aliphatic carbocycles. The number of benzene rings is 1. The van der Waals surface area contributed by atoms with E-state index in [1.165, 1.54) is 14.2 Å². The molecule has 0 aliphatic rings. The summed E-state index contributed by atoms with van der Waals surface area (Å²) in [6.45, 7) is -1.88. The second kappa shape index (κ2) is 13.8. The van der Waals surface area contributed by atoms with Crippen molar-refractivity contribution in [3.8, 4) is 0 Å². The van der Waals surface area contributed by atoms with Crippen LogP contribution in [0.3, 0.4) is 0 Å². The lowest BCUT2D eigenvalue weighted by Crippen LogP contribution is -2.37. The van der Waals surface area contributed by atoms with Crippen molar-refractivity contribution in [2.24, 2.45) is 0 Å². The van der Waals surface area contributed by atoms with Crippen LogP contribution in [0.2, 0.25) is 5.02 Å². The number of rotatable bonds is 11.